The van der Waals surface area contributed by atoms with Crippen molar-refractivity contribution in [1.82, 2.24) is 0 Å². The molecule has 0 fully saturated rings. The zero-order chi connectivity index (χ0) is 19.1. The second-order valence-electron chi connectivity index (χ2n) is 7.40. The number of nitro benzene ring substituents is 1. The van der Waals surface area contributed by atoms with Crippen LogP contribution in [0.3, 0.4) is 0 Å². The molecule has 1 aromatic carbocycles. The summed E-state index contributed by atoms with van der Waals surface area (Å²) in [6.45, 7) is 5.82. The number of carbonyl (C=O) groups excluding carboxylic acids is 2. The van der Waals surface area contributed by atoms with Crippen LogP contribution in [0.2, 0.25) is 0 Å². The van der Waals surface area contributed by atoms with E-state index >= 15 is 0 Å². The first-order valence-electron chi connectivity index (χ1n) is 8.57. The first-order valence-corrected chi connectivity index (χ1v) is 8.57. The molecule has 1 aliphatic heterocycles. The molecular formula is C19H21NO6. The van der Waals surface area contributed by atoms with Gasteiger partial charge < -0.3 is 9.47 Å². The van der Waals surface area contributed by atoms with Crippen LogP contribution in [0.5, 0.6) is 0 Å². The largest absolute Gasteiger partial charge is 0.482 e. The van der Waals surface area contributed by atoms with Gasteiger partial charge in [-0.15, -0.1) is 0 Å². The molecule has 3 rings (SSSR count). The molecule has 1 aromatic rings. The summed E-state index contributed by atoms with van der Waals surface area (Å²) in [6, 6.07) is 5.99. The molecule has 0 N–H and O–H groups in total. The van der Waals surface area contributed by atoms with E-state index in [0.717, 1.165) is 0 Å². The molecule has 1 heterocycles. The van der Waals surface area contributed by atoms with E-state index in [4.69, 9.17) is 9.47 Å². The van der Waals surface area contributed by atoms with Crippen molar-refractivity contribution in [3.63, 3.8) is 0 Å². The Bertz CT molecular complexity index is 810. The Morgan fingerprint density at radius 1 is 1.38 bits per heavy atom. The maximum absolute atomic E-state index is 12.8. The van der Waals surface area contributed by atoms with Gasteiger partial charge in [-0.25, -0.2) is 4.79 Å². The van der Waals surface area contributed by atoms with Crippen molar-refractivity contribution in [1.29, 1.82) is 0 Å². The van der Waals surface area contributed by atoms with Crippen molar-refractivity contribution >= 4 is 17.4 Å². The lowest BCUT2D eigenvalue weighted by Crippen LogP contribution is -2.30. The lowest BCUT2D eigenvalue weighted by Gasteiger charge is -2.29. The second-order valence-corrected chi connectivity index (χ2v) is 7.40. The number of nitro groups is 1. The SMILES string of the molecule is CCOC(=O)[C@H]1OC2=C(C(=O)CC(C)(C)C2)[C@@H]1c1cccc([N+](=O)[O-])c1. The number of esters is 1. The number of allylic oxidation sites excluding steroid dienone is 1. The third kappa shape index (κ3) is 3.21. The minimum Gasteiger partial charge on any atom is -0.482 e. The summed E-state index contributed by atoms with van der Waals surface area (Å²) in [4.78, 5) is 35.9. The standard InChI is InChI=1S/C19H21NO6/c1-4-25-18(22)17-15(11-6-5-7-12(8-11)20(23)24)16-13(21)9-19(2,3)10-14(16)26-17/h5-8,15,17H,4,9-10H2,1-3H3/t15-,17-/m0/s1. The van der Waals surface area contributed by atoms with Crippen LogP contribution in [0.15, 0.2) is 35.6 Å². The van der Waals surface area contributed by atoms with Crippen LogP contribution in [-0.2, 0) is 19.1 Å². The number of hydrogen-bond acceptors (Lipinski definition) is 6. The van der Waals surface area contributed by atoms with Crippen LogP contribution >= 0.6 is 0 Å². The van der Waals surface area contributed by atoms with Gasteiger partial charge >= 0.3 is 5.97 Å². The van der Waals surface area contributed by atoms with Gasteiger partial charge in [0.25, 0.3) is 5.69 Å². The van der Waals surface area contributed by atoms with Crippen molar-refractivity contribution in [2.75, 3.05) is 6.61 Å². The molecule has 1 aliphatic carbocycles. The Balaban J connectivity index is 2.08. The average Bonchev–Trinajstić information content (AvgIpc) is 2.93. The van der Waals surface area contributed by atoms with Gasteiger partial charge in [0.2, 0.25) is 6.10 Å². The van der Waals surface area contributed by atoms with Gasteiger partial charge in [0.05, 0.1) is 17.4 Å². The molecule has 0 saturated carbocycles. The summed E-state index contributed by atoms with van der Waals surface area (Å²) in [6.07, 6.45) is -0.120. The fraction of sp³-hybridized carbons (Fsp3) is 0.474. The molecule has 138 valence electrons. The number of ether oxygens (including phenoxy) is 2. The normalized spacial score (nSPS) is 24.0. The molecule has 2 aliphatic rings. The van der Waals surface area contributed by atoms with E-state index in [-0.39, 0.29) is 23.5 Å². The molecule has 0 unspecified atom stereocenters. The van der Waals surface area contributed by atoms with Crippen molar-refractivity contribution in [3.8, 4) is 0 Å². The van der Waals surface area contributed by atoms with Crippen LogP contribution in [0.1, 0.15) is 45.1 Å². The molecule has 0 aromatic heterocycles. The minimum atomic E-state index is -1.00. The van der Waals surface area contributed by atoms with Gasteiger partial charge in [-0.3, -0.25) is 14.9 Å². The number of rotatable bonds is 4. The van der Waals surface area contributed by atoms with E-state index in [0.29, 0.717) is 29.7 Å². The number of Topliss-reactive ketones (excluding diaryl/α,β-unsaturated/α-hetero) is 1. The van der Waals surface area contributed by atoms with Gasteiger partial charge in [0.1, 0.15) is 5.76 Å². The Morgan fingerprint density at radius 3 is 2.77 bits per heavy atom. The molecule has 7 heteroatoms. The zero-order valence-corrected chi connectivity index (χ0v) is 15.0. The van der Waals surface area contributed by atoms with E-state index in [1.165, 1.54) is 12.1 Å². The summed E-state index contributed by atoms with van der Waals surface area (Å²) in [5.41, 5.74) is 0.605. The molecule has 26 heavy (non-hydrogen) atoms. The predicted octanol–water partition coefficient (Wildman–Crippen LogP) is 3.28. The summed E-state index contributed by atoms with van der Waals surface area (Å²) in [5.74, 6) is -0.836. The van der Waals surface area contributed by atoms with Gasteiger partial charge in [0.15, 0.2) is 5.78 Å². The fourth-order valence-corrected chi connectivity index (χ4v) is 3.68. The number of ketones is 1. The highest BCUT2D eigenvalue weighted by molar-refractivity contribution is 6.01. The lowest BCUT2D eigenvalue weighted by atomic mass is 9.73. The number of benzene rings is 1. The smallest absolute Gasteiger partial charge is 0.348 e. The number of carbonyl (C=O) groups is 2. The van der Waals surface area contributed by atoms with E-state index in [1.807, 2.05) is 13.8 Å². The molecular weight excluding hydrogens is 338 g/mol. The summed E-state index contributed by atoms with van der Waals surface area (Å²) in [5, 5.41) is 11.1. The highest BCUT2D eigenvalue weighted by Gasteiger charge is 2.49. The van der Waals surface area contributed by atoms with Crippen molar-refractivity contribution < 1.29 is 24.0 Å². The van der Waals surface area contributed by atoms with Gasteiger partial charge in [-0.05, 0) is 17.9 Å². The molecule has 7 nitrogen and oxygen atoms in total. The van der Waals surface area contributed by atoms with E-state index in [2.05, 4.69) is 0 Å². The second kappa shape index (κ2) is 6.55. The first-order chi connectivity index (χ1) is 12.2. The monoisotopic (exact) mass is 359 g/mol. The topological polar surface area (TPSA) is 95.7 Å². The molecule has 2 atom stereocenters. The fourth-order valence-electron chi connectivity index (χ4n) is 3.68. The quantitative estimate of drug-likeness (QED) is 0.465. The van der Waals surface area contributed by atoms with E-state index in [1.54, 1.807) is 19.1 Å². The molecule has 0 bridgehead atoms. The van der Waals surface area contributed by atoms with E-state index < -0.39 is 22.9 Å². The summed E-state index contributed by atoms with van der Waals surface area (Å²) >= 11 is 0. The van der Waals surface area contributed by atoms with Crippen LogP contribution < -0.4 is 0 Å². The Kier molecular flexibility index (Phi) is 4.56. The number of hydrogen-bond donors (Lipinski definition) is 0. The van der Waals surface area contributed by atoms with Crippen LogP contribution in [-0.4, -0.2) is 29.4 Å². The minimum absolute atomic E-state index is 0.0837. The summed E-state index contributed by atoms with van der Waals surface area (Å²) < 4.78 is 11.0. The molecule has 0 spiro atoms. The van der Waals surface area contributed by atoms with Gasteiger partial charge in [-0.1, -0.05) is 26.0 Å². The summed E-state index contributed by atoms with van der Waals surface area (Å²) in [7, 11) is 0. The third-order valence-corrected chi connectivity index (χ3v) is 4.72. The van der Waals surface area contributed by atoms with Crippen molar-refractivity contribution in [2.24, 2.45) is 5.41 Å². The molecule has 0 saturated heterocycles. The molecule has 0 amide bonds. The third-order valence-electron chi connectivity index (χ3n) is 4.72. The maximum Gasteiger partial charge on any atom is 0.348 e. The van der Waals surface area contributed by atoms with Crippen LogP contribution in [0.4, 0.5) is 5.69 Å². The van der Waals surface area contributed by atoms with Crippen molar-refractivity contribution in [2.45, 2.75) is 45.6 Å². The highest BCUT2D eigenvalue weighted by Crippen LogP contribution is 2.49. The highest BCUT2D eigenvalue weighted by atomic mass is 16.6. The zero-order valence-electron chi connectivity index (χ0n) is 15.0. The lowest BCUT2D eigenvalue weighted by molar-refractivity contribution is -0.384. The number of nitrogens with zero attached hydrogens (tertiary/aromatic N) is 1. The van der Waals surface area contributed by atoms with E-state index in [9.17, 15) is 19.7 Å². The maximum atomic E-state index is 12.8. The van der Waals surface area contributed by atoms with Gasteiger partial charge in [-0.2, -0.15) is 0 Å². The Hall–Kier alpha value is -2.70. The first kappa shape index (κ1) is 18.1. The predicted molar refractivity (Wildman–Crippen MR) is 92.4 cm³/mol. The van der Waals surface area contributed by atoms with Crippen molar-refractivity contribution in [3.05, 3.63) is 51.3 Å². The van der Waals surface area contributed by atoms with Gasteiger partial charge in [0, 0.05) is 30.5 Å². The Labute approximate surface area is 151 Å². The molecule has 0 radical (unpaired) electrons. The van der Waals surface area contributed by atoms with Crippen LogP contribution in [0, 0.1) is 15.5 Å². The van der Waals surface area contributed by atoms with Crippen LogP contribution in [0.25, 0.3) is 0 Å². The Morgan fingerprint density at radius 2 is 2.12 bits per heavy atom. The average molecular weight is 359 g/mol. The number of non-ortho nitro benzene ring substituents is 1.